The van der Waals surface area contributed by atoms with E-state index in [1.165, 1.54) is 0 Å². The molecule has 5 nitrogen and oxygen atoms in total. The molecule has 0 aliphatic carbocycles. The van der Waals surface area contributed by atoms with Gasteiger partial charge in [0.2, 0.25) is 0 Å². The van der Waals surface area contributed by atoms with Gasteiger partial charge in [-0.15, -0.1) is 0 Å². The highest BCUT2D eigenvalue weighted by atomic mass is 16.4. The van der Waals surface area contributed by atoms with Crippen molar-refractivity contribution in [1.82, 2.24) is 4.57 Å². The van der Waals surface area contributed by atoms with Crippen molar-refractivity contribution in [2.45, 2.75) is 52.7 Å². The number of aryl methyl sites for hydroxylation is 1. The molecule has 0 radical (unpaired) electrons. The quantitative estimate of drug-likeness (QED) is 0.763. The van der Waals surface area contributed by atoms with E-state index in [4.69, 9.17) is 5.11 Å². The molecule has 1 unspecified atom stereocenters. The molecule has 2 aromatic rings. The lowest BCUT2D eigenvalue weighted by Crippen LogP contribution is -2.06. The van der Waals surface area contributed by atoms with Gasteiger partial charge in [-0.05, 0) is 43.9 Å². The Balaban J connectivity index is 2.89. The lowest BCUT2D eigenvalue weighted by atomic mass is 9.95. The van der Waals surface area contributed by atoms with Crippen LogP contribution in [0.3, 0.4) is 0 Å². The van der Waals surface area contributed by atoms with Crippen LogP contribution in [0.4, 0.5) is 0 Å². The summed E-state index contributed by atoms with van der Waals surface area (Å²) in [5.41, 5.74) is 3.85. The Hall–Kier alpha value is -1.85. The molecule has 23 heavy (non-hydrogen) atoms. The molecule has 126 valence electrons. The first-order valence-corrected chi connectivity index (χ1v) is 7.98. The summed E-state index contributed by atoms with van der Waals surface area (Å²) in [5, 5.41) is 29.5. The van der Waals surface area contributed by atoms with E-state index in [0.717, 1.165) is 27.7 Å². The van der Waals surface area contributed by atoms with E-state index in [2.05, 4.69) is 4.57 Å². The second kappa shape index (κ2) is 6.72. The zero-order valence-corrected chi connectivity index (χ0v) is 14.1. The van der Waals surface area contributed by atoms with E-state index in [-0.39, 0.29) is 18.1 Å². The van der Waals surface area contributed by atoms with Gasteiger partial charge >= 0.3 is 5.97 Å². The molecule has 0 spiro atoms. The SMILES string of the molecule is Cc1c(C(C)O)c2cc(C(=O)O)cc(C(C)C)c2n1CCCO. The molecule has 1 atom stereocenters. The Morgan fingerprint density at radius 1 is 1.26 bits per heavy atom. The third-order valence-corrected chi connectivity index (χ3v) is 4.32. The van der Waals surface area contributed by atoms with Crippen molar-refractivity contribution < 1.29 is 20.1 Å². The van der Waals surface area contributed by atoms with Gasteiger partial charge in [0, 0.05) is 29.8 Å². The highest BCUT2D eigenvalue weighted by Crippen LogP contribution is 2.36. The van der Waals surface area contributed by atoms with Crippen molar-refractivity contribution in [2.24, 2.45) is 0 Å². The molecule has 2 rings (SSSR count). The summed E-state index contributed by atoms with van der Waals surface area (Å²) >= 11 is 0. The Morgan fingerprint density at radius 3 is 2.39 bits per heavy atom. The number of aliphatic hydroxyl groups is 2. The summed E-state index contributed by atoms with van der Waals surface area (Å²) in [6.07, 6.45) is -0.0702. The fourth-order valence-corrected chi connectivity index (χ4v) is 3.27. The maximum absolute atomic E-state index is 11.5. The molecule has 0 saturated carbocycles. The molecule has 0 amide bonds. The van der Waals surface area contributed by atoms with Crippen molar-refractivity contribution >= 4 is 16.9 Å². The lowest BCUT2D eigenvalue weighted by Gasteiger charge is -2.14. The number of aromatic carboxylic acids is 1. The summed E-state index contributed by atoms with van der Waals surface area (Å²) in [7, 11) is 0. The van der Waals surface area contributed by atoms with E-state index in [1.807, 2.05) is 20.8 Å². The van der Waals surface area contributed by atoms with Crippen LogP contribution < -0.4 is 0 Å². The van der Waals surface area contributed by atoms with Gasteiger partial charge < -0.3 is 19.9 Å². The summed E-state index contributed by atoms with van der Waals surface area (Å²) in [4.78, 5) is 11.5. The average molecular weight is 319 g/mol. The van der Waals surface area contributed by atoms with Crippen molar-refractivity contribution in [3.05, 3.63) is 34.5 Å². The summed E-state index contributed by atoms with van der Waals surface area (Å²) in [6.45, 7) is 8.41. The molecule has 5 heteroatoms. The van der Waals surface area contributed by atoms with E-state index < -0.39 is 12.1 Å². The summed E-state index contributed by atoms with van der Waals surface area (Å²) in [5.74, 6) is -0.813. The van der Waals surface area contributed by atoms with Gasteiger partial charge in [0.25, 0.3) is 0 Å². The predicted octanol–water partition coefficient (Wildman–Crippen LogP) is 3.21. The van der Waals surface area contributed by atoms with E-state index in [1.54, 1.807) is 19.1 Å². The molecule has 0 bridgehead atoms. The van der Waals surface area contributed by atoms with Gasteiger partial charge in [-0.25, -0.2) is 4.79 Å². The topological polar surface area (TPSA) is 82.7 Å². The highest BCUT2D eigenvalue weighted by Gasteiger charge is 2.22. The zero-order chi connectivity index (χ0) is 17.3. The molecule has 0 fully saturated rings. The Labute approximate surface area is 136 Å². The van der Waals surface area contributed by atoms with Crippen LogP contribution in [0.15, 0.2) is 12.1 Å². The number of rotatable bonds is 6. The van der Waals surface area contributed by atoms with Crippen LogP contribution in [0.2, 0.25) is 0 Å². The molecule has 0 saturated heterocycles. The number of aromatic nitrogens is 1. The number of fused-ring (bicyclic) bond motifs is 1. The summed E-state index contributed by atoms with van der Waals surface area (Å²) in [6, 6.07) is 3.37. The van der Waals surface area contributed by atoms with Gasteiger partial charge in [-0.1, -0.05) is 13.8 Å². The Bertz CT molecular complexity index is 728. The minimum Gasteiger partial charge on any atom is -0.478 e. The fraction of sp³-hybridized carbons (Fsp3) is 0.500. The minimum absolute atomic E-state index is 0.0906. The minimum atomic E-state index is -0.967. The third-order valence-electron chi connectivity index (χ3n) is 4.32. The van der Waals surface area contributed by atoms with Gasteiger partial charge in [0.1, 0.15) is 0 Å². The van der Waals surface area contributed by atoms with Crippen LogP contribution in [-0.2, 0) is 6.54 Å². The number of hydrogen-bond donors (Lipinski definition) is 3. The van der Waals surface area contributed by atoms with E-state index in [9.17, 15) is 15.0 Å². The number of benzene rings is 1. The molecular weight excluding hydrogens is 294 g/mol. The second-order valence-corrected chi connectivity index (χ2v) is 6.33. The van der Waals surface area contributed by atoms with Crippen LogP contribution >= 0.6 is 0 Å². The molecule has 1 heterocycles. The number of hydrogen-bond acceptors (Lipinski definition) is 3. The first-order valence-electron chi connectivity index (χ1n) is 7.98. The maximum atomic E-state index is 11.5. The molecular formula is C18H25NO4. The van der Waals surface area contributed by atoms with E-state index in [0.29, 0.717) is 13.0 Å². The van der Waals surface area contributed by atoms with Crippen LogP contribution in [0.5, 0.6) is 0 Å². The second-order valence-electron chi connectivity index (χ2n) is 6.33. The normalized spacial score (nSPS) is 13.0. The number of carboxylic acid groups (broad SMARTS) is 1. The van der Waals surface area contributed by atoms with Crippen molar-refractivity contribution in [1.29, 1.82) is 0 Å². The standard InChI is InChI=1S/C18H25NO4/c1-10(2)14-8-13(18(22)23)9-15-16(12(4)21)11(3)19(17(14)15)6-5-7-20/h8-10,12,20-21H,5-7H2,1-4H3,(H,22,23). The van der Waals surface area contributed by atoms with Crippen molar-refractivity contribution in [3.63, 3.8) is 0 Å². The molecule has 1 aromatic heterocycles. The molecule has 0 aliphatic rings. The van der Waals surface area contributed by atoms with E-state index >= 15 is 0 Å². The van der Waals surface area contributed by atoms with Gasteiger partial charge in [-0.3, -0.25) is 0 Å². The monoisotopic (exact) mass is 319 g/mol. The van der Waals surface area contributed by atoms with Crippen LogP contribution in [0.1, 0.15) is 66.4 Å². The molecule has 1 aromatic carbocycles. The maximum Gasteiger partial charge on any atom is 0.335 e. The lowest BCUT2D eigenvalue weighted by molar-refractivity contribution is 0.0697. The number of carbonyl (C=O) groups is 1. The number of aliphatic hydroxyl groups excluding tert-OH is 2. The van der Waals surface area contributed by atoms with Crippen LogP contribution in [0, 0.1) is 6.92 Å². The first kappa shape index (κ1) is 17.5. The van der Waals surface area contributed by atoms with Gasteiger partial charge in [0.05, 0.1) is 17.2 Å². The van der Waals surface area contributed by atoms with Gasteiger partial charge in [-0.2, -0.15) is 0 Å². The zero-order valence-electron chi connectivity index (χ0n) is 14.1. The summed E-state index contributed by atoms with van der Waals surface area (Å²) < 4.78 is 2.09. The fourth-order valence-electron chi connectivity index (χ4n) is 3.27. The first-order chi connectivity index (χ1) is 10.8. The smallest absolute Gasteiger partial charge is 0.335 e. The molecule has 0 aliphatic heterocycles. The highest BCUT2D eigenvalue weighted by molar-refractivity contribution is 5.97. The Morgan fingerprint density at radius 2 is 1.91 bits per heavy atom. The molecule has 3 N–H and O–H groups in total. The van der Waals surface area contributed by atoms with Crippen molar-refractivity contribution in [3.8, 4) is 0 Å². The Kier molecular flexibility index (Phi) is 5.12. The number of nitrogens with zero attached hydrogens (tertiary/aromatic N) is 1. The number of carboxylic acids is 1. The largest absolute Gasteiger partial charge is 0.478 e. The third kappa shape index (κ3) is 3.12. The van der Waals surface area contributed by atoms with Gasteiger partial charge in [0.15, 0.2) is 0 Å². The predicted molar refractivity (Wildman–Crippen MR) is 90.1 cm³/mol. The van der Waals surface area contributed by atoms with Crippen LogP contribution in [0.25, 0.3) is 10.9 Å². The van der Waals surface area contributed by atoms with Crippen LogP contribution in [-0.4, -0.2) is 32.5 Å². The van der Waals surface area contributed by atoms with Crippen molar-refractivity contribution in [2.75, 3.05) is 6.61 Å². The average Bonchev–Trinajstić information content (AvgIpc) is 2.75.